The summed E-state index contributed by atoms with van der Waals surface area (Å²) in [7, 11) is 1.58. The molecule has 1 aliphatic rings. The van der Waals surface area contributed by atoms with Crippen molar-refractivity contribution in [2.75, 3.05) is 26.9 Å². The van der Waals surface area contributed by atoms with Gasteiger partial charge in [0.05, 0.1) is 26.4 Å². The number of fused-ring (bicyclic) bond motifs is 1. The summed E-state index contributed by atoms with van der Waals surface area (Å²) in [5.74, 6) is 1.54. The number of aliphatic hydroxyl groups excluding tert-OH is 1. The van der Waals surface area contributed by atoms with Crippen molar-refractivity contribution in [1.29, 1.82) is 0 Å². The maximum absolute atomic E-state index is 13.2. The van der Waals surface area contributed by atoms with Gasteiger partial charge in [-0.05, 0) is 42.2 Å². The number of ether oxygens (including phenoxy) is 2. The lowest BCUT2D eigenvalue weighted by molar-refractivity contribution is 0.0706. The van der Waals surface area contributed by atoms with Gasteiger partial charge in [0.25, 0.3) is 5.91 Å². The Hall–Kier alpha value is -3.52. The summed E-state index contributed by atoms with van der Waals surface area (Å²) in [5, 5.41) is 27.2. The van der Waals surface area contributed by atoms with Gasteiger partial charge in [0, 0.05) is 17.7 Å². The van der Waals surface area contributed by atoms with Gasteiger partial charge in [-0.3, -0.25) is 9.89 Å². The second kappa shape index (κ2) is 9.54. The van der Waals surface area contributed by atoms with Crippen LogP contribution in [0.4, 0.5) is 0 Å². The number of benzene rings is 2. The molecule has 3 aromatic rings. The smallest absolute Gasteiger partial charge is 0.273 e. The van der Waals surface area contributed by atoms with E-state index in [1.807, 2.05) is 18.2 Å². The van der Waals surface area contributed by atoms with Crippen molar-refractivity contribution in [3.05, 3.63) is 59.3 Å². The van der Waals surface area contributed by atoms with E-state index in [1.165, 1.54) is 0 Å². The van der Waals surface area contributed by atoms with Crippen LogP contribution in [0.3, 0.4) is 0 Å². The standard InChI is InChI=1S/C25H29N3O5/c1-15(2)10-13-33-19-9-8-16(14-20(19)32-3)24-21-22(17-6-4-5-7-18(17)30)26-27-23(21)25(31)28(24)11-12-29/h4-9,14-15,24,29-30H,10-13H2,1-3H3,(H,26,27). The molecule has 1 amide bonds. The third-order valence-electron chi connectivity index (χ3n) is 5.82. The number of H-pyrrole nitrogens is 1. The molecule has 1 aliphatic heterocycles. The molecule has 2 aromatic carbocycles. The predicted molar refractivity (Wildman–Crippen MR) is 124 cm³/mol. The van der Waals surface area contributed by atoms with Gasteiger partial charge in [-0.1, -0.05) is 32.0 Å². The van der Waals surface area contributed by atoms with Crippen LogP contribution in [0.5, 0.6) is 17.2 Å². The molecule has 0 radical (unpaired) electrons. The minimum Gasteiger partial charge on any atom is -0.507 e. The lowest BCUT2D eigenvalue weighted by atomic mass is 9.95. The third kappa shape index (κ3) is 4.26. The molecule has 0 aliphatic carbocycles. The number of hydrogen-bond acceptors (Lipinski definition) is 6. The van der Waals surface area contributed by atoms with Crippen LogP contribution in [0.25, 0.3) is 11.3 Å². The van der Waals surface area contributed by atoms with Crippen molar-refractivity contribution in [3.63, 3.8) is 0 Å². The number of nitrogens with zero attached hydrogens (tertiary/aromatic N) is 2. The summed E-state index contributed by atoms with van der Waals surface area (Å²) in [6, 6.07) is 12.0. The number of methoxy groups -OCH3 is 1. The Morgan fingerprint density at radius 2 is 1.97 bits per heavy atom. The van der Waals surface area contributed by atoms with Crippen molar-refractivity contribution in [2.24, 2.45) is 5.92 Å². The molecule has 3 N–H and O–H groups in total. The molecule has 2 heterocycles. The molecule has 0 bridgehead atoms. The zero-order chi connectivity index (χ0) is 23.5. The highest BCUT2D eigenvalue weighted by molar-refractivity contribution is 6.00. The second-order valence-electron chi connectivity index (χ2n) is 8.44. The zero-order valence-electron chi connectivity index (χ0n) is 19.0. The van der Waals surface area contributed by atoms with Gasteiger partial charge in [-0.2, -0.15) is 5.10 Å². The number of aromatic nitrogens is 2. The molecule has 1 aromatic heterocycles. The Kier molecular flexibility index (Phi) is 6.55. The average molecular weight is 452 g/mol. The van der Waals surface area contributed by atoms with Gasteiger partial charge in [-0.25, -0.2) is 0 Å². The third-order valence-corrected chi connectivity index (χ3v) is 5.82. The first-order valence-corrected chi connectivity index (χ1v) is 11.1. The Labute approximate surface area is 192 Å². The van der Waals surface area contributed by atoms with Crippen LogP contribution in [0.15, 0.2) is 42.5 Å². The Bertz CT molecular complexity index is 1140. The molecule has 0 saturated carbocycles. The van der Waals surface area contributed by atoms with Crippen LogP contribution >= 0.6 is 0 Å². The summed E-state index contributed by atoms with van der Waals surface area (Å²) in [6.07, 6.45) is 0.925. The van der Waals surface area contributed by atoms with Crippen molar-refractivity contribution >= 4 is 5.91 Å². The molecule has 0 saturated heterocycles. The monoisotopic (exact) mass is 451 g/mol. The predicted octanol–water partition coefficient (Wildman–Crippen LogP) is 3.75. The van der Waals surface area contributed by atoms with Crippen molar-refractivity contribution in [2.45, 2.75) is 26.3 Å². The van der Waals surface area contributed by atoms with E-state index in [9.17, 15) is 15.0 Å². The molecular formula is C25H29N3O5. The maximum Gasteiger partial charge on any atom is 0.273 e. The molecule has 1 atom stereocenters. The average Bonchev–Trinajstić information content (AvgIpc) is 3.34. The number of amides is 1. The van der Waals surface area contributed by atoms with E-state index in [0.717, 1.165) is 12.0 Å². The van der Waals surface area contributed by atoms with Gasteiger partial charge >= 0.3 is 0 Å². The normalized spacial score (nSPS) is 15.2. The van der Waals surface area contributed by atoms with Gasteiger partial charge in [0.1, 0.15) is 17.1 Å². The molecule has 8 heteroatoms. The van der Waals surface area contributed by atoms with E-state index < -0.39 is 6.04 Å². The van der Waals surface area contributed by atoms with Gasteiger partial charge in [-0.15, -0.1) is 0 Å². The van der Waals surface area contributed by atoms with E-state index in [2.05, 4.69) is 24.0 Å². The number of aromatic amines is 1. The van der Waals surface area contributed by atoms with E-state index >= 15 is 0 Å². The summed E-state index contributed by atoms with van der Waals surface area (Å²) in [6.45, 7) is 4.83. The largest absolute Gasteiger partial charge is 0.507 e. The Morgan fingerprint density at radius 3 is 2.67 bits per heavy atom. The number of phenols is 1. The molecule has 0 spiro atoms. The molecule has 4 rings (SSSR count). The minimum atomic E-state index is -0.508. The minimum absolute atomic E-state index is 0.0742. The van der Waals surface area contributed by atoms with Crippen LogP contribution in [0.2, 0.25) is 0 Å². The molecule has 8 nitrogen and oxygen atoms in total. The zero-order valence-corrected chi connectivity index (χ0v) is 19.0. The molecule has 33 heavy (non-hydrogen) atoms. The summed E-state index contributed by atoms with van der Waals surface area (Å²) in [4.78, 5) is 14.7. The van der Waals surface area contributed by atoms with Crippen LogP contribution in [-0.2, 0) is 0 Å². The Balaban J connectivity index is 1.78. The van der Waals surface area contributed by atoms with E-state index in [0.29, 0.717) is 46.5 Å². The number of rotatable bonds is 9. The number of aromatic hydroxyl groups is 1. The number of carbonyl (C=O) groups excluding carboxylic acids is 1. The lowest BCUT2D eigenvalue weighted by Gasteiger charge is -2.26. The van der Waals surface area contributed by atoms with Crippen LogP contribution in [0.1, 0.15) is 47.9 Å². The van der Waals surface area contributed by atoms with E-state index in [-0.39, 0.29) is 24.8 Å². The number of carbonyl (C=O) groups is 1. The van der Waals surface area contributed by atoms with Crippen molar-refractivity contribution < 1.29 is 24.5 Å². The highest BCUT2D eigenvalue weighted by Gasteiger charge is 2.42. The van der Waals surface area contributed by atoms with Gasteiger partial charge in [0.15, 0.2) is 11.5 Å². The molecule has 1 unspecified atom stereocenters. The van der Waals surface area contributed by atoms with E-state index in [4.69, 9.17) is 9.47 Å². The highest BCUT2D eigenvalue weighted by atomic mass is 16.5. The van der Waals surface area contributed by atoms with Gasteiger partial charge < -0.3 is 24.6 Å². The summed E-state index contributed by atoms with van der Waals surface area (Å²) < 4.78 is 11.5. The van der Waals surface area contributed by atoms with Crippen molar-refractivity contribution in [3.8, 4) is 28.5 Å². The fraction of sp³-hybridized carbons (Fsp3) is 0.360. The van der Waals surface area contributed by atoms with Crippen LogP contribution in [-0.4, -0.2) is 58.1 Å². The number of para-hydroxylation sites is 1. The first-order valence-electron chi connectivity index (χ1n) is 11.1. The topological polar surface area (TPSA) is 108 Å². The highest BCUT2D eigenvalue weighted by Crippen LogP contribution is 2.45. The summed E-state index contributed by atoms with van der Waals surface area (Å²) >= 11 is 0. The maximum atomic E-state index is 13.2. The molecule has 174 valence electrons. The number of hydrogen-bond donors (Lipinski definition) is 3. The molecular weight excluding hydrogens is 422 g/mol. The fourth-order valence-corrected chi connectivity index (χ4v) is 4.14. The fourth-order valence-electron chi connectivity index (χ4n) is 4.14. The van der Waals surface area contributed by atoms with Crippen molar-refractivity contribution in [1.82, 2.24) is 15.1 Å². The quantitative estimate of drug-likeness (QED) is 0.457. The Morgan fingerprint density at radius 1 is 1.18 bits per heavy atom. The first kappa shape index (κ1) is 22.7. The van der Waals surface area contributed by atoms with Crippen LogP contribution in [0, 0.1) is 5.92 Å². The lowest BCUT2D eigenvalue weighted by Crippen LogP contribution is -2.32. The number of nitrogens with one attached hydrogen (secondary N) is 1. The van der Waals surface area contributed by atoms with Gasteiger partial charge in [0.2, 0.25) is 0 Å². The summed E-state index contributed by atoms with van der Waals surface area (Å²) in [5.41, 5.74) is 2.83. The first-order chi connectivity index (χ1) is 16.0. The van der Waals surface area contributed by atoms with Crippen LogP contribution < -0.4 is 9.47 Å². The second-order valence-corrected chi connectivity index (χ2v) is 8.44. The number of β-amino-alcohol motifs (C(OH)–C–C–N with tert-alkyl or cyclic N) is 1. The molecule has 0 fully saturated rings. The SMILES string of the molecule is COc1cc(C2c3c(-c4ccccc4O)n[nH]c3C(=O)N2CCO)ccc1OCCC(C)C. The number of aliphatic hydroxyl groups is 1. The van der Waals surface area contributed by atoms with E-state index in [1.54, 1.807) is 36.3 Å². The number of phenolic OH excluding ortho intramolecular Hbond substituents is 1.